The van der Waals surface area contributed by atoms with Crippen LogP contribution in [0.1, 0.15) is 28.8 Å². The number of carbonyl (C=O) groups is 1. The van der Waals surface area contributed by atoms with Gasteiger partial charge in [-0.25, -0.2) is 0 Å². The first-order chi connectivity index (χ1) is 8.49. The van der Waals surface area contributed by atoms with Crippen LogP contribution in [0.5, 0.6) is 0 Å². The molecule has 0 aliphatic carbocycles. The van der Waals surface area contributed by atoms with Crippen molar-refractivity contribution in [1.29, 1.82) is 0 Å². The number of aliphatic carboxylic acids is 1. The number of nitrogens with zero attached hydrogens (tertiary/aromatic N) is 1. The number of carboxylic acid groups (broad SMARTS) is 1. The molecule has 1 N–H and O–H groups in total. The summed E-state index contributed by atoms with van der Waals surface area (Å²) in [5, 5.41) is 9.87. The first-order valence-corrected chi connectivity index (χ1v) is 6.07. The summed E-state index contributed by atoms with van der Waals surface area (Å²) in [5.41, 5.74) is 5.40. The van der Waals surface area contributed by atoms with E-state index in [0.29, 0.717) is 6.42 Å². The van der Waals surface area contributed by atoms with E-state index >= 15 is 0 Å². The number of aryl methyl sites for hydroxylation is 4. The number of pyridine rings is 1. The summed E-state index contributed by atoms with van der Waals surface area (Å²) in [6.45, 7) is 6.08. The zero-order chi connectivity index (χ0) is 13.3. The van der Waals surface area contributed by atoms with Crippen LogP contribution in [0.2, 0.25) is 0 Å². The molecule has 0 fully saturated rings. The van der Waals surface area contributed by atoms with E-state index in [1.807, 2.05) is 19.1 Å². The van der Waals surface area contributed by atoms with Crippen LogP contribution < -0.4 is 0 Å². The lowest BCUT2D eigenvalue weighted by Gasteiger charge is -2.10. The monoisotopic (exact) mass is 243 g/mol. The number of carboxylic acids is 1. The molecule has 2 aromatic rings. The summed E-state index contributed by atoms with van der Waals surface area (Å²) in [6.07, 6.45) is 0.711. The van der Waals surface area contributed by atoms with Gasteiger partial charge in [0.2, 0.25) is 0 Å². The Morgan fingerprint density at radius 1 is 1.28 bits per heavy atom. The van der Waals surface area contributed by atoms with Crippen LogP contribution in [0, 0.1) is 20.8 Å². The van der Waals surface area contributed by atoms with Crippen LogP contribution in [0.3, 0.4) is 0 Å². The van der Waals surface area contributed by atoms with Crippen molar-refractivity contribution in [2.45, 2.75) is 33.6 Å². The average Bonchev–Trinajstić information content (AvgIpc) is 2.31. The molecule has 0 aliphatic rings. The van der Waals surface area contributed by atoms with Gasteiger partial charge in [0.1, 0.15) is 0 Å². The lowest BCUT2D eigenvalue weighted by Crippen LogP contribution is -2.00. The normalized spacial score (nSPS) is 10.8. The van der Waals surface area contributed by atoms with E-state index in [9.17, 15) is 4.79 Å². The fourth-order valence-electron chi connectivity index (χ4n) is 2.19. The van der Waals surface area contributed by atoms with Crippen molar-refractivity contribution in [3.63, 3.8) is 0 Å². The van der Waals surface area contributed by atoms with Crippen LogP contribution in [-0.2, 0) is 11.2 Å². The smallest absolute Gasteiger partial charge is 0.303 e. The van der Waals surface area contributed by atoms with E-state index in [1.165, 1.54) is 11.1 Å². The van der Waals surface area contributed by atoms with Gasteiger partial charge in [0.15, 0.2) is 0 Å². The number of fused-ring (bicyclic) bond motifs is 1. The standard InChI is InChI=1S/C15H17NO2/c1-9-4-6-13-12(5-7-14(17)18)8-10(2)16-15(13)11(9)3/h4,6,8H,5,7H2,1-3H3,(H,17,18). The minimum absolute atomic E-state index is 0.158. The molecular weight excluding hydrogens is 226 g/mol. The van der Waals surface area contributed by atoms with Crippen LogP contribution in [0.4, 0.5) is 0 Å². The molecule has 0 aliphatic heterocycles. The molecule has 0 atom stereocenters. The highest BCUT2D eigenvalue weighted by Gasteiger charge is 2.09. The highest BCUT2D eigenvalue weighted by Crippen LogP contribution is 2.24. The van der Waals surface area contributed by atoms with Crippen molar-refractivity contribution in [2.24, 2.45) is 0 Å². The van der Waals surface area contributed by atoms with Gasteiger partial charge in [-0.2, -0.15) is 0 Å². The zero-order valence-corrected chi connectivity index (χ0v) is 10.9. The topological polar surface area (TPSA) is 50.2 Å². The number of hydrogen-bond acceptors (Lipinski definition) is 2. The molecule has 0 bridgehead atoms. The minimum Gasteiger partial charge on any atom is -0.481 e. The Hall–Kier alpha value is -1.90. The van der Waals surface area contributed by atoms with E-state index < -0.39 is 5.97 Å². The second-order valence-electron chi connectivity index (χ2n) is 4.72. The van der Waals surface area contributed by atoms with Crippen LogP contribution in [0.15, 0.2) is 18.2 Å². The van der Waals surface area contributed by atoms with Gasteiger partial charge >= 0.3 is 5.97 Å². The van der Waals surface area contributed by atoms with Gasteiger partial charge in [-0.05, 0) is 49.9 Å². The van der Waals surface area contributed by atoms with Gasteiger partial charge in [-0.3, -0.25) is 9.78 Å². The molecule has 1 heterocycles. The molecule has 0 radical (unpaired) electrons. The zero-order valence-electron chi connectivity index (χ0n) is 10.9. The molecule has 0 saturated carbocycles. The number of hydrogen-bond donors (Lipinski definition) is 1. The Morgan fingerprint density at radius 2 is 2.00 bits per heavy atom. The molecule has 94 valence electrons. The number of rotatable bonds is 3. The molecular formula is C15H17NO2. The first kappa shape index (κ1) is 12.6. The number of aromatic nitrogens is 1. The summed E-state index contributed by atoms with van der Waals surface area (Å²) in [6, 6.07) is 6.10. The molecule has 0 unspecified atom stereocenters. The number of benzene rings is 1. The van der Waals surface area contributed by atoms with E-state index in [1.54, 1.807) is 0 Å². The van der Waals surface area contributed by atoms with Crippen molar-refractivity contribution >= 4 is 16.9 Å². The maximum atomic E-state index is 10.7. The first-order valence-electron chi connectivity index (χ1n) is 6.07. The SMILES string of the molecule is Cc1cc(CCC(=O)O)c2ccc(C)c(C)c2n1. The molecule has 0 saturated heterocycles. The summed E-state index contributed by atoms with van der Waals surface area (Å²) < 4.78 is 0. The van der Waals surface area contributed by atoms with Gasteiger partial charge in [0.25, 0.3) is 0 Å². The predicted molar refractivity (Wildman–Crippen MR) is 71.9 cm³/mol. The molecule has 0 spiro atoms. The predicted octanol–water partition coefficient (Wildman–Crippen LogP) is 3.18. The molecule has 1 aromatic heterocycles. The average molecular weight is 243 g/mol. The van der Waals surface area contributed by atoms with E-state index in [-0.39, 0.29) is 6.42 Å². The van der Waals surface area contributed by atoms with Gasteiger partial charge in [-0.1, -0.05) is 12.1 Å². The Kier molecular flexibility index (Phi) is 3.32. The Bertz CT molecular complexity index is 617. The Balaban J connectivity index is 2.59. The molecule has 2 rings (SSSR count). The molecule has 3 nitrogen and oxygen atoms in total. The quantitative estimate of drug-likeness (QED) is 0.900. The van der Waals surface area contributed by atoms with Crippen molar-refractivity contribution < 1.29 is 9.90 Å². The maximum absolute atomic E-state index is 10.7. The fraction of sp³-hybridized carbons (Fsp3) is 0.333. The highest BCUT2D eigenvalue weighted by molar-refractivity contribution is 5.86. The Labute approximate surface area is 106 Å². The van der Waals surface area contributed by atoms with Gasteiger partial charge in [0, 0.05) is 17.5 Å². The van der Waals surface area contributed by atoms with Gasteiger partial charge in [-0.15, -0.1) is 0 Å². The third-order valence-corrected chi connectivity index (χ3v) is 3.33. The summed E-state index contributed by atoms with van der Waals surface area (Å²) in [7, 11) is 0. The van der Waals surface area contributed by atoms with E-state index in [4.69, 9.17) is 5.11 Å². The van der Waals surface area contributed by atoms with Gasteiger partial charge < -0.3 is 5.11 Å². The van der Waals surface area contributed by atoms with Crippen molar-refractivity contribution in [3.05, 3.63) is 40.6 Å². The molecule has 3 heteroatoms. The summed E-state index contributed by atoms with van der Waals surface area (Å²) >= 11 is 0. The molecule has 1 aromatic carbocycles. The highest BCUT2D eigenvalue weighted by atomic mass is 16.4. The van der Waals surface area contributed by atoms with Crippen LogP contribution in [-0.4, -0.2) is 16.1 Å². The minimum atomic E-state index is -0.763. The van der Waals surface area contributed by atoms with Crippen LogP contribution >= 0.6 is 0 Å². The summed E-state index contributed by atoms with van der Waals surface area (Å²) in [5.74, 6) is -0.763. The van der Waals surface area contributed by atoms with E-state index in [2.05, 4.69) is 24.9 Å². The van der Waals surface area contributed by atoms with Crippen molar-refractivity contribution in [1.82, 2.24) is 4.98 Å². The van der Waals surface area contributed by atoms with Crippen molar-refractivity contribution in [2.75, 3.05) is 0 Å². The lowest BCUT2D eigenvalue weighted by atomic mass is 9.98. The molecule has 18 heavy (non-hydrogen) atoms. The Morgan fingerprint density at radius 3 is 2.67 bits per heavy atom. The lowest BCUT2D eigenvalue weighted by molar-refractivity contribution is -0.136. The van der Waals surface area contributed by atoms with Crippen LogP contribution in [0.25, 0.3) is 10.9 Å². The second kappa shape index (κ2) is 4.77. The third kappa shape index (κ3) is 2.35. The van der Waals surface area contributed by atoms with Crippen molar-refractivity contribution in [3.8, 4) is 0 Å². The maximum Gasteiger partial charge on any atom is 0.303 e. The largest absolute Gasteiger partial charge is 0.481 e. The second-order valence-corrected chi connectivity index (χ2v) is 4.72. The third-order valence-electron chi connectivity index (χ3n) is 3.33. The van der Waals surface area contributed by atoms with E-state index in [0.717, 1.165) is 22.2 Å². The summed E-state index contributed by atoms with van der Waals surface area (Å²) in [4.78, 5) is 15.3. The van der Waals surface area contributed by atoms with Gasteiger partial charge in [0.05, 0.1) is 5.52 Å². The fourth-order valence-corrected chi connectivity index (χ4v) is 2.19. The molecule has 0 amide bonds.